The van der Waals surface area contributed by atoms with E-state index in [1.165, 1.54) is 70.6 Å². The van der Waals surface area contributed by atoms with Crippen LogP contribution in [-0.2, 0) is 4.74 Å². The Labute approximate surface area is 119 Å². The molecule has 0 saturated carbocycles. The molecule has 0 radical (unpaired) electrons. The molecule has 1 fully saturated rings. The lowest BCUT2D eigenvalue weighted by Crippen LogP contribution is -2.09. The van der Waals surface area contributed by atoms with Crippen LogP contribution in [-0.4, -0.2) is 23.9 Å². The van der Waals surface area contributed by atoms with Gasteiger partial charge in [-0.1, -0.05) is 77.6 Å². The molecule has 0 aliphatic carbocycles. The van der Waals surface area contributed by atoms with E-state index in [9.17, 15) is 5.11 Å². The summed E-state index contributed by atoms with van der Waals surface area (Å²) < 4.78 is 5.13. The summed E-state index contributed by atoms with van der Waals surface area (Å²) in [6, 6.07) is 0. The van der Waals surface area contributed by atoms with Crippen LogP contribution in [0.25, 0.3) is 0 Å². The predicted octanol–water partition coefficient (Wildman–Crippen LogP) is 4.84. The molecule has 2 atom stereocenters. The quantitative estimate of drug-likeness (QED) is 0.362. The van der Waals surface area contributed by atoms with Gasteiger partial charge in [-0.2, -0.15) is 0 Å². The second kappa shape index (κ2) is 11.7. The molecule has 2 nitrogen and oxygen atoms in total. The van der Waals surface area contributed by atoms with Crippen molar-refractivity contribution in [2.45, 2.75) is 103 Å². The van der Waals surface area contributed by atoms with Crippen LogP contribution in [0.1, 0.15) is 90.4 Å². The van der Waals surface area contributed by atoms with Crippen molar-refractivity contribution in [1.29, 1.82) is 0 Å². The fourth-order valence-electron chi connectivity index (χ4n) is 2.67. The first-order chi connectivity index (χ1) is 9.33. The van der Waals surface area contributed by atoms with Crippen molar-refractivity contribution in [3.63, 3.8) is 0 Å². The molecule has 0 aromatic heterocycles. The Morgan fingerprint density at radius 1 is 0.895 bits per heavy atom. The maximum Gasteiger partial charge on any atom is 0.0834 e. The summed E-state index contributed by atoms with van der Waals surface area (Å²) in [4.78, 5) is 0. The minimum atomic E-state index is -0.119. The molecular formula is C17H34O2. The molecule has 1 heterocycles. The average Bonchev–Trinajstić information content (AvgIpc) is 3.20. The Kier molecular flexibility index (Phi) is 10.5. The van der Waals surface area contributed by atoms with Crippen LogP contribution in [0.15, 0.2) is 0 Å². The second-order valence-electron chi connectivity index (χ2n) is 6.17. The highest BCUT2D eigenvalue weighted by molar-refractivity contribution is 4.73. The van der Waals surface area contributed by atoms with Gasteiger partial charge in [0.2, 0.25) is 0 Å². The van der Waals surface area contributed by atoms with Gasteiger partial charge in [0, 0.05) is 6.42 Å². The molecule has 1 saturated heterocycles. The predicted molar refractivity (Wildman–Crippen MR) is 81.4 cm³/mol. The summed E-state index contributed by atoms with van der Waals surface area (Å²) in [5.41, 5.74) is 0. The van der Waals surface area contributed by atoms with E-state index >= 15 is 0 Å². The Balaban J connectivity index is 1.68. The molecule has 19 heavy (non-hydrogen) atoms. The molecule has 0 amide bonds. The van der Waals surface area contributed by atoms with Crippen molar-refractivity contribution < 1.29 is 9.84 Å². The van der Waals surface area contributed by atoms with Crippen LogP contribution in [0.3, 0.4) is 0 Å². The second-order valence-corrected chi connectivity index (χ2v) is 6.17. The first-order valence-corrected chi connectivity index (χ1v) is 8.62. The van der Waals surface area contributed by atoms with Gasteiger partial charge in [0.15, 0.2) is 0 Å². The lowest BCUT2D eigenvalue weighted by molar-refractivity contribution is 0.139. The van der Waals surface area contributed by atoms with E-state index in [1.807, 2.05) is 0 Å². The van der Waals surface area contributed by atoms with Gasteiger partial charge in [-0.15, -0.1) is 0 Å². The molecule has 2 heteroatoms. The van der Waals surface area contributed by atoms with E-state index in [-0.39, 0.29) is 6.10 Å². The van der Waals surface area contributed by atoms with E-state index < -0.39 is 0 Å². The minimum Gasteiger partial charge on any atom is -0.393 e. The maximum absolute atomic E-state index is 9.72. The lowest BCUT2D eigenvalue weighted by atomic mass is 10.0. The van der Waals surface area contributed by atoms with E-state index in [1.54, 1.807) is 0 Å². The SMILES string of the molecule is CCCCCCCCCCCCC[C@@H](O)C[C@@H]1CO1. The average molecular weight is 270 g/mol. The molecular weight excluding hydrogens is 236 g/mol. The molecule has 1 rings (SSSR count). The van der Waals surface area contributed by atoms with Crippen molar-refractivity contribution >= 4 is 0 Å². The highest BCUT2D eigenvalue weighted by Crippen LogP contribution is 2.19. The van der Waals surface area contributed by atoms with Crippen molar-refractivity contribution in [2.75, 3.05) is 6.61 Å². The summed E-state index contributed by atoms with van der Waals surface area (Å²) >= 11 is 0. The zero-order valence-electron chi connectivity index (χ0n) is 12.9. The van der Waals surface area contributed by atoms with Crippen LogP contribution in [0.5, 0.6) is 0 Å². The molecule has 1 aliphatic rings. The number of epoxide rings is 1. The number of aliphatic hydroxyl groups excluding tert-OH is 1. The van der Waals surface area contributed by atoms with Gasteiger partial charge in [0.25, 0.3) is 0 Å². The smallest absolute Gasteiger partial charge is 0.0834 e. The lowest BCUT2D eigenvalue weighted by Gasteiger charge is -2.08. The van der Waals surface area contributed by atoms with Crippen LogP contribution in [0.2, 0.25) is 0 Å². The first-order valence-electron chi connectivity index (χ1n) is 8.62. The summed E-state index contributed by atoms with van der Waals surface area (Å²) in [5, 5.41) is 9.72. The fraction of sp³-hybridized carbons (Fsp3) is 1.00. The van der Waals surface area contributed by atoms with Gasteiger partial charge < -0.3 is 9.84 Å². The number of unbranched alkanes of at least 4 members (excludes halogenated alkanes) is 10. The van der Waals surface area contributed by atoms with E-state index in [0.29, 0.717) is 6.10 Å². The third-order valence-electron chi connectivity index (χ3n) is 4.08. The molecule has 1 aliphatic heterocycles. The van der Waals surface area contributed by atoms with Crippen LogP contribution in [0, 0.1) is 0 Å². The number of rotatable bonds is 14. The third kappa shape index (κ3) is 11.4. The molecule has 0 unspecified atom stereocenters. The van der Waals surface area contributed by atoms with Crippen molar-refractivity contribution in [1.82, 2.24) is 0 Å². The Morgan fingerprint density at radius 2 is 1.37 bits per heavy atom. The van der Waals surface area contributed by atoms with Crippen molar-refractivity contribution in [2.24, 2.45) is 0 Å². The van der Waals surface area contributed by atoms with Gasteiger partial charge in [-0.25, -0.2) is 0 Å². The molecule has 1 N–H and O–H groups in total. The number of ether oxygens (including phenoxy) is 1. The zero-order chi connectivity index (χ0) is 13.8. The van der Waals surface area contributed by atoms with Gasteiger partial charge >= 0.3 is 0 Å². The van der Waals surface area contributed by atoms with Gasteiger partial charge in [-0.3, -0.25) is 0 Å². The Morgan fingerprint density at radius 3 is 1.84 bits per heavy atom. The standard InChI is InChI=1S/C17H34O2/c1-2-3-4-5-6-7-8-9-10-11-12-13-16(18)14-17-15-19-17/h16-18H,2-15H2,1H3/t16-,17-/m1/s1. The van der Waals surface area contributed by atoms with Crippen molar-refractivity contribution in [3.05, 3.63) is 0 Å². The summed E-state index contributed by atoms with van der Waals surface area (Å²) in [6.07, 6.45) is 17.2. The zero-order valence-corrected chi connectivity index (χ0v) is 12.9. The maximum atomic E-state index is 9.72. The van der Waals surface area contributed by atoms with Crippen LogP contribution >= 0.6 is 0 Å². The molecule has 0 spiro atoms. The monoisotopic (exact) mass is 270 g/mol. The van der Waals surface area contributed by atoms with Crippen molar-refractivity contribution in [3.8, 4) is 0 Å². The number of hydrogen-bond acceptors (Lipinski definition) is 2. The molecule has 0 aromatic rings. The number of aliphatic hydroxyl groups is 1. The fourth-order valence-corrected chi connectivity index (χ4v) is 2.67. The first kappa shape index (κ1) is 17.0. The molecule has 0 bridgehead atoms. The number of hydrogen-bond donors (Lipinski definition) is 1. The van der Waals surface area contributed by atoms with Gasteiger partial charge in [0.05, 0.1) is 18.8 Å². The summed E-state index contributed by atoms with van der Waals surface area (Å²) in [5.74, 6) is 0. The molecule has 0 aromatic carbocycles. The van der Waals surface area contributed by atoms with Crippen LogP contribution in [0.4, 0.5) is 0 Å². The topological polar surface area (TPSA) is 32.8 Å². The van der Waals surface area contributed by atoms with E-state index in [0.717, 1.165) is 19.4 Å². The Hall–Kier alpha value is -0.0800. The third-order valence-corrected chi connectivity index (χ3v) is 4.08. The van der Waals surface area contributed by atoms with E-state index in [2.05, 4.69) is 6.92 Å². The molecule has 114 valence electrons. The highest BCUT2D eigenvalue weighted by atomic mass is 16.6. The Bertz CT molecular complexity index is 190. The summed E-state index contributed by atoms with van der Waals surface area (Å²) in [7, 11) is 0. The highest BCUT2D eigenvalue weighted by Gasteiger charge is 2.25. The normalized spacial score (nSPS) is 19.6. The largest absolute Gasteiger partial charge is 0.393 e. The van der Waals surface area contributed by atoms with E-state index in [4.69, 9.17) is 4.74 Å². The summed E-state index contributed by atoms with van der Waals surface area (Å²) in [6.45, 7) is 3.14. The van der Waals surface area contributed by atoms with Gasteiger partial charge in [0.1, 0.15) is 0 Å². The van der Waals surface area contributed by atoms with Gasteiger partial charge in [-0.05, 0) is 6.42 Å². The van der Waals surface area contributed by atoms with Crippen LogP contribution < -0.4 is 0 Å². The minimum absolute atomic E-state index is 0.119.